The van der Waals surface area contributed by atoms with E-state index in [9.17, 15) is 0 Å². The molecule has 17 heavy (non-hydrogen) atoms. The first-order valence-corrected chi connectivity index (χ1v) is 7.68. The van der Waals surface area contributed by atoms with Gasteiger partial charge in [-0.15, -0.1) is 0 Å². The molecule has 2 heteroatoms. The van der Waals surface area contributed by atoms with Crippen molar-refractivity contribution in [2.24, 2.45) is 11.8 Å². The lowest BCUT2D eigenvalue weighted by Crippen LogP contribution is -2.41. The van der Waals surface area contributed by atoms with E-state index in [1.165, 1.54) is 64.6 Å². The Bertz CT molecular complexity index is 205. The molecule has 0 aromatic carbocycles. The van der Waals surface area contributed by atoms with E-state index in [0.717, 1.165) is 17.9 Å². The maximum absolute atomic E-state index is 3.28. The molecule has 0 bridgehead atoms. The second kappa shape index (κ2) is 6.75. The van der Waals surface area contributed by atoms with Crippen LogP contribution in [0.15, 0.2) is 0 Å². The van der Waals surface area contributed by atoms with Gasteiger partial charge in [-0.1, -0.05) is 19.3 Å². The maximum Gasteiger partial charge on any atom is 0.00695 e. The molecule has 100 valence electrons. The minimum atomic E-state index is 0.838. The van der Waals surface area contributed by atoms with Crippen molar-refractivity contribution in [3.8, 4) is 0 Å². The van der Waals surface area contributed by atoms with Gasteiger partial charge < -0.3 is 10.2 Å². The van der Waals surface area contributed by atoms with Crippen molar-refractivity contribution in [3.05, 3.63) is 0 Å². The van der Waals surface area contributed by atoms with E-state index in [4.69, 9.17) is 0 Å². The monoisotopic (exact) mass is 238 g/mol. The van der Waals surface area contributed by atoms with Crippen molar-refractivity contribution in [2.75, 3.05) is 26.7 Å². The zero-order chi connectivity index (χ0) is 12.1. The number of likely N-dealkylation sites (tertiary alicyclic amines) is 1. The average molecular weight is 238 g/mol. The smallest absolute Gasteiger partial charge is 0.00695 e. The maximum atomic E-state index is 3.28. The second-order valence-corrected chi connectivity index (χ2v) is 6.25. The van der Waals surface area contributed by atoms with Gasteiger partial charge in [0.2, 0.25) is 0 Å². The molecule has 2 rings (SSSR count). The van der Waals surface area contributed by atoms with Crippen LogP contribution in [0, 0.1) is 11.8 Å². The molecule has 2 fully saturated rings. The van der Waals surface area contributed by atoms with Crippen LogP contribution in [0.5, 0.6) is 0 Å². The highest BCUT2D eigenvalue weighted by molar-refractivity contribution is 4.80. The minimum Gasteiger partial charge on any atom is -0.320 e. The summed E-state index contributed by atoms with van der Waals surface area (Å²) in [4.78, 5) is 2.74. The fourth-order valence-electron chi connectivity index (χ4n) is 3.39. The molecule has 2 aliphatic rings. The van der Waals surface area contributed by atoms with E-state index in [1.54, 1.807) is 0 Å². The lowest BCUT2D eigenvalue weighted by atomic mass is 9.80. The lowest BCUT2D eigenvalue weighted by Gasteiger charge is -2.39. The number of rotatable bonds is 6. The van der Waals surface area contributed by atoms with Crippen LogP contribution < -0.4 is 5.32 Å². The molecule has 0 spiro atoms. The van der Waals surface area contributed by atoms with Crippen LogP contribution >= 0.6 is 0 Å². The van der Waals surface area contributed by atoms with Gasteiger partial charge in [0.05, 0.1) is 0 Å². The summed E-state index contributed by atoms with van der Waals surface area (Å²) in [5.74, 6) is 2.04. The summed E-state index contributed by atoms with van der Waals surface area (Å²) in [7, 11) is 2.07. The first kappa shape index (κ1) is 13.4. The Labute approximate surface area is 107 Å². The zero-order valence-corrected chi connectivity index (χ0v) is 11.8. The molecule has 1 aliphatic heterocycles. The van der Waals surface area contributed by atoms with Crippen LogP contribution in [-0.2, 0) is 0 Å². The highest BCUT2D eigenvalue weighted by Gasteiger charge is 2.26. The van der Waals surface area contributed by atoms with Crippen LogP contribution in [0.1, 0.15) is 51.9 Å². The number of nitrogens with one attached hydrogen (secondary N) is 1. The second-order valence-electron chi connectivity index (χ2n) is 6.25. The Morgan fingerprint density at radius 1 is 1.12 bits per heavy atom. The molecular formula is C15H30N2. The first-order chi connectivity index (χ1) is 8.29. The van der Waals surface area contributed by atoms with Gasteiger partial charge in [0.15, 0.2) is 0 Å². The van der Waals surface area contributed by atoms with Crippen molar-refractivity contribution >= 4 is 0 Å². The lowest BCUT2D eigenvalue weighted by molar-refractivity contribution is 0.108. The molecule has 1 aliphatic carbocycles. The van der Waals surface area contributed by atoms with E-state index in [2.05, 4.69) is 24.2 Å². The Morgan fingerprint density at radius 2 is 1.82 bits per heavy atom. The summed E-state index contributed by atoms with van der Waals surface area (Å²) >= 11 is 0. The van der Waals surface area contributed by atoms with E-state index in [-0.39, 0.29) is 0 Å². The van der Waals surface area contributed by atoms with Gasteiger partial charge in [-0.05, 0) is 71.1 Å². The summed E-state index contributed by atoms with van der Waals surface area (Å²) in [6, 6.07) is 0.838. The summed E-state index contributed by atoms with van der Waals surface area (Å²) < 4.78 is 0. The van der Waals surface area contributed by atoms with E-state index in [0.29, 0.717) is 0 Å². The van der Waals surface area contributed by atoms with E-state index in [1.807, 2.05) is 0 Å². The highest BCUT2D eigenvalue weighted by atomic mass is 15.2. The highest BCUT2D eigenvalue weighted by Crippen LogP contribution is 2.32. The van der Waals surface area contributed by atoms with Gasteiger partial charge in [-0.2, -0.15) is 0 Å². The largest absolute Gasteiger partial charge is 0.320 e. The molecule has 1 heterocycles. The van der Waals surface area contributed by atoms with Crippen LogP contribution in [0.3, 0.4) is 0 Å². The van der Waals surface area contributed by atoms with Gasteiger partial charge in [0, 0.05) is 6.04 Å². The summed E-state index contributed by atoms with van der Waals surface area (Å²) in [5.41, 5.74) is 0. The predicted octanol–water partition coefficient (Wildman–Crippen LogP) is 2.89. The van der Waals surface area contributed by atoms with Gasteiger partial charge >= 0.3 is 0 Å². The molecule has 0 amide bonds. The summed E-state index contributed by atoms with van der Waals surface area (Å²) in [5, 5.41) is 3.28. The summed E-state index contributed by atoms with van der Waals surface area (Å²) in [6.07, 6.45) is 10.2. The van der Waals surface area contributed by atoms with Crippen LogP contribution in [0.4, 0.5) is 0 Å². The molecule has 2 nitrogen and oxygen atoms in total. The average Bonchev–Trinajstić information content (AvgIpc) is 2.31. The SMILES string of the molecule is CNCCC1CCN(C(C)CC2CCC2)CC1. The van der Waals surface area contributed by atoms with Gasteiger partial charge in [0.25, 0.3) is 0 Å². The Kier molecular flexibility index (Phi) is 5.30. The quantitative estimate of drug-likeness (QED) is 0.765. The van der Waals surface area contributed by atoms with Crippen molar-refractivity contribution in [3.63, 3.8) is 0 Å². The van der Waals surface area contributed by atoms with Crippen molar-refractivity contribution < 1.29 is 0 Å². The molecule has 1 saturated carbocycles. The van der Waals surface area contributed by atoms with Gasteiger partial charge in [0.1, 0.15) is 0 Å². The Hall–Kier alpha value is -0.0800. The van der Waals surface area contributed by atoms with Gasteiger partial charge in [-0.25, -0.2) is 0 Å². The van der Waals surface area contributed by atoms with Crippen molar-refractivity contribution in [1.82, 2.24) is 10.2 Å². The number of piperidine rings is 1. The molecule has 0 radical (unpaired) electrons. The van der Waals surface area contributed by atoms with E-state index >= 15 is 0 Å². The molecule has 1 N–H and O–H groups in total. The topological polar surface area (TPSA) is 15.3 Å². The van der Waals surface area contributed by atoms with Crippen LogP contribution in [-0.4, -0.2) is 37.6 Å². The fraction of sp³-hybridized carbons (Fsp3) is 1.00. The molecule has 1 atom stereocenters. The molecule has 1 unspecified atom stereocenters. The Balaban J connectivity index is 1.63. The van der Waals surface area contributed by atoms with Gasteiger partial charge in [-0.3, -0.25) is 0 Å². The number of hydrogen-bond donors (Lipinski definition) is 1. The van der Waals surface area contributed by atoms with Crippen molar-refractivity contribution in [2.45, 2.75) is 57.9 Å². The predicted molar refractivity (Wildman–Crippen MR) is 74.3 cm³/mol. The number of hydrogen-bond acceptors (Lipinski definition) is 2. The number of nitrogens with zero attached hydrogens (tertiary/aromatic N) is 1. The zero-order valence-electron chi connectivity index (χ0n) is 11.8. The first-order valence-electron chi connectivity index (χ1n) is 7.68. The molecule has 1 saturated heterocycles. The van der Waals surface area contributed by atoms with Crippen molar-refractivity contribution in [1.29, 1.82) is 0 Å². The molecule has 0 aromatic heterocycles. The third-order valence-corrected chi connectivity index (χ3v) is 4.97. The minimum absolute atomic E-state index is 0.838. The summed E-state index contributed by atoms with van der Waals surface area (Å²) in [6.45, 7) is 6.35. The fourth-order valence-corrected chi connectivity index (χ4v) is 3.39. The molecular weight excluding hydrogens is 208 g/mol. The third kappa shape index (κ3) is 3.96. The van der Waals surface area contributed by atoms with Crippen LogP contribution in [0.2, 0.25) is 0 Å². The van der Waals surface area contributed by atoms with Crippen LogP contribution in [0.25, 0.3) is 0 Å². The van der Waals surface area contributed by atoms with E-state index < -0.39 is 0 Å². The Morgan fingerprint density at radius 3 is 2.35 bits per heavy atom. The third-order valence-electron chi connectivity index (χ3n) is 4.97. The molecule has 0 aromatic rings. The normalized spacial score (nSPS) is 25.8. The standard InChI is InChI=1S/C15H30N2/c1-13(12-15-4-3-5-15)17-10-7-14(8-11-17)6-9-16-2/h13-16H,3-12H2,1-2H3.